The Kier molecular flexibility index (Phi) is 7.09. The van der Waals surface area contributed by atoms with Crippen molar-refractivity contribution in [3.63, 3.8) is 0 Å². The largest absolute Gasteiger partial charge is 0.457 e. The molecular weight excluding hydrogens is 372 g/mol. The molecule has 0 aromatic heterocycles. The first-order valence-corrected chi connectivity index (χ1v) is 10.4. The summed E-state index contributed by atoms with van der Waals surface area (Å²) < 4.78 is 30.2. The second kappa shape index (κ2) is 9.09. The molecule has 0 atom stereocenters. The lowest BCUT2D eigenvalue weighted by Gasteiger charge is -2.29. The van der Waals surface area contributed by atoms with Gasteiger partial charge in [0.1, 0.15) is 0 Å². The average molecular weight is 396 g/mol. The first-order chi connectivity index (χ1) is 12.7. The zero-order valence-corrected chi connectivity index (χ0v) is 16.3. The number of carbonyl (C=O) groups is 3. The number of ether oxygens (including phenoxy) is 1. The van der Waals surface area contributed by atoms with Gasteiger partial charge in [-0.2, -0.15) is 0 Å². The van der Waals surface area contributed by atoms with E-state index in [0.717, 1.165) is 0 Å². The zero-order valence-electron chi connectivity index (χ0n) is 15.4. The zero-order chi connectivity index (χ0) is 20.0. The summed E-state index contributed by atoms with van der Waals surface area (Å²) in [5.41, 5.74) is 0.950. The summed E-state index contributed by atoms with van der Waals surface area (Å²) in [6.45, 7) is 3.18. The molecule has 27 heavy (non-hydrogen) atoms. The second-order valence-corrected chi connectivity index (χ2v) is 8.62. The van der Waals surface area contributed by atoms with Crippen molar-refractivity contribution < 1.29 is 27.5 Å². The van der Waals surface area contributed by atoms with Gasteiger partial charge in [-0.25, -0.2) is 12.7 Å². The number of hydrogen-bond donors (Lipinski definition) is 1. The molecule has 1 amide bonds. The van der Waals surface area contributed by atoms with Gasteiger partial charge in [-0.1, -0.05) is 0 Å². The van der Waals surface area contributed by atoms with Gasteiger partial charge in [0.15, 0.2) is 12.4 Å². The smallest absolute Gasteiger partial charge is 0.309 e. The summed E-state index contributed by atoms with van der Waals surface area (Å²) in [7, 11) is -3.24. The fraction of sp³-hybridized carbons (Fsp3) is 0.500. The number of nitrogens with one attached hydrogen (secondary N) is 1. The van der Waals surface area contributed by atoms with Gasteiger partial charge >= 0.3 is 5.97 Å². The maximum atomic E-state index is 12.1. The Balaban J connectivity index is 1.82. The highest BCUT2D eigenvalue weighted by Crippen LogP contribution is 2.21. The number of benzene rings is 1. The summed E-state index contributed by atoms with van der Waals surface area (Å²) >= 11 is 0. The molecule has 8 nitrogen and oxygen atoms in total. The SMILES string of the molecule is CCS(=O)(=O)N1CCC(C(=O)OCC(=O)c2ccc(NC(C)=O)cc2)CC1. The summed E-state index contributed by atoms with van der Waals surface area (Å²) in [5, 5.41) is 2.60. The molecule has 0 saturated carbocycles. The predicted molar refractivity (Wildman–Crippen MR) is 99.8 cm³/mol. The lowest BCUT2D eigenvalue weighted by molar-refractivity contribution is -0.148. The van der Waals surface area contributed by atoms with Gasteiger partial charge in [0, 0.05) is 31.3 Å². The van der Waals surface area contributed by atoms with Gasteiger partial charge in [0.05, 0.1) is 11.7 Å². The highest BCUT2D eigenvalue weighted by Gasteiger charge is 2.31. The number of nitrogens with zero attached hydrogens (tertiary/aromatic N) is 1. The Hall–Kier alpha value is -2.26. The number of piperidine rings is 1. The number of anilines is 1. The van der Waals surface area contributed by atoms with Crippen molar-refractivity contribution in [3.05, 3.63) is 29.8 Å². The molecule has 1 saturated heterocycles. The van der Waals surface area contributed by atoms with Crippen LogP contribution in [-0.4, -0.2) is 55.8 Å². The van der Waals surface area contributed by atoms with E-state index in [-0.39, 0.29) is 37.1 Å². The maximum absolute atomic E-state index is 12.1. The summed E-state index contributed by atoms with van der Waals surface area (Å²) in [6, 6.07) is 6.30. The molecule has 1 heterocycles. The van der Waals surface area contributed by atoms with E-state index in [2.05, 4.69) is 5.32 Å². The Bertz CT molecular complexity index is 796. The summed E-state index contributed by atoms with van der Waals surface area (Å²) in [5.74, 6) is -1.39. The minimum atomic E-state index is -3.24. The molecule has 1 fully saturated rings. The molecule has 1 aliphatic rings. The number of amides is 1. The van der Waals surface area contributed by atoms with Crippen molar-refractivity contribution in [1.29, 1.82) is 0 Å². The Morgan fingerprint density at radius 3 is 2.26 bits per heavy atom. The number of carbonyl (C=O) groups excluding carboxylic acids is 3. The van der Waals surface area contributed by atoms with Crippen LogP contribution in [0.4, 0.5) is 5.69 Å². The summed E-state index contributed by atoms with van der Waals surface area (Å²) in [6.07, 6.45) is 0.773. The van der Waals surface area contributed by atoms with Crippen LogP contribution in [0.5, 0.6) is 0 Å². The molecule has 1 aromatic carbocycles. The van der Waals surface area contributed by atoms with E-state index in [1.54, 1.807) is 31.2 Å². The predicted octanol–water partition coefficient (Wildman–Crippen LogP) is 1.43. The number of ketones is 1. The Morgan fingerprint density at radius 1 is 1.15 bits per heavy atom. The van der Waals surface area contributed by atoms with Gasteiger partial charge in [0.25, 0.3) is 0 Å². The third-order valence-electron chi connectivity index (χ3n) is 4.42. The van der Waals surface area contributed by atoms with Crippen LogP contribution in [0.25, 0.3) is 0 Å². The van der Waals surface area contributed by atoms with Crippen molar-refractivity contribution in [2.45, 2.75) is 26.7 Å². The van der Waals surface area contributed by atoms with Crippen molar-refractivity contribution in [3.8, 4) is 0 Å². The fourth-order valence-corrected chi connectivity index (χ4v) is 3.97. The van der Waals surface area contributed by atoms with Crippen molar-refractivity contribution in [1.82, 2.24) is 4.31 Å². The first-order valence-electron chi connectivity index (χ1n) is 8.78. The maximum Gasteiger partial charge on any atom is 0.309 e. The van der Waals surface area contributed by atoms with Crippen LogP contribution < -0.4 is 5.32 Å². The number of esters is 1. The standard InChI is InChI=1S/C18H24N2O6S/c1-3-27(24,25)20-10-8-15(9-11-20)18(23)26-12-17(22)14-4-6-16(7-5-14)19-13(2)21/h4-7,15H,3,8-12H2,1-2H3,(H,19,21). The van der Waals surface area contributed by atoms with Crippen molar-refractivity contribution in [2.24, 2.45) is 5.92 Å². The van der Waals surface area contributed by atoms with Crippen LogP contribution in [0.3, 0.4) is 0 Å². The molecule has 148 valence electrons. The molecular formula is C18H24N2O6S. The van der Waals surface area contributed by atoms with Crippen LogP contribution in [-0.2, 0) is 24.3 Å². The van der Waals surface area contributed by atoms with Gasteiger partial charge in [0.2, 0.25) is 15.9 Å². The van der Waals surface area contributed by atoms with E-state index in [1.807, 2.05) is 0 Å². The average Bonchev–Trinajstić information content (AvgIpc) is 2.66. The van der Waals surface area contributed by atoms with E-state index in [1.165, 1.54) is 11.2 Å². The van der Waals surface area contributed by atoms with E-state index in [0.29, 0.717) is 24.1 Å². The lowest BCUT2D eigenvalue weighted by Crippen LogP contribution is -2.41. The lowest BCUT2D eigenvalue weighted by atomic mass is 9.98. The van der Waals surface area contributed by atoms with Crippen LogP contribution in [0.15, 0.2) is 24.3 Å². The molecule has 9 heteroatoms. The van der Waals surface area contributed by atoms with E-state index < -0.39 is 21.9 Å². The monoisotopic (exact) mass is 396 g/mol. The molecule has 1 aromatic rings. The molecule has 2 rings (SSSR count). The van der Waals surface area contributed by atoms with Gasteiger partial charge in [-0.15, -0.1) is 0 Å². The number of Topliss-reactive ketones (excluding diaryl/α,β-unsaturated/α-hetero) is 1. The number of hydrogen-bond acceptors (Lipinski definition) is 6. The quantitative estimate of drug-likeness (QED) is 0.552. The van der Waals surface area contributed by atoms with Crippen LogP contribution >= 0.6 is 0 Å². The van der Waals surface area contributed by atoms with Crippen LogP contribution in [0, 0.1) is 5.92 Å². The van der Waals surface area contributed by atoms with Crippen molar-refractivity contribution in [2.75, 3.05) is 30.8 Å². The molecule has 0 spiro atoms. The Labute approximate surface area is 158 Å². The highest BCUT2D eigenvalue weighted by molar-refractivity contribution is 7.89. The fourth-order valence-electron chi connectivity index (χ4n) is 2.83. The van der Waals surface area contributed by atoms with Crippen LogP contribution in [0.1, 0.15) is 37.0 Å². The topological polar surface area (TPSA) is 110 Å². The number of rotatable bonds is 7. The molecule has 0 bridgehead atoms. The molecule has 0 unspecified atom stereocenters. The molecule has 0 aliphatic carbocycles. The minimum absolute atomic E-state index is 0.0390. The van der Waals surface area contributed by atoms with Crippen molar-refractivity contribution >= 4 is 33.4 Å². The molecule has 0 radical (unpaired) electrons. The van der Waals surface area contributed by atoms with Gasteiger partial charge in [-0.3, -0.25) is 14.4 Å². The highest BCUT2D eigenvalue weighted by atomic mass is 32.2. The van der Waals surface area contributed by atoms with Gasteiger partial charge in [-0.05, 0) is 44.0 Å². The number of sulfonamides is 1. The third-order valence-corrected chi connectivity index (χ3v) is 6.30. The molecule has 1 N–H and O–H groups in total. The minimum Gasteiger partial charge on any atom is -0.457 e. The first kappa shape index (κ1) is 21.0. The van der Waals surface area contributed by atoms with E-state index >= 15 is 0 Å². The summed E-state index contributed by atoms with van der Waals surface area (Å²) in [4.78, 5) is 35.3. The Morgan fingerprint density at radius 2 is 1.74 bits per heavy atom. The van der Waals surface area contributed by atoms with E-state index in [4.69, 9.17) is 4.74 Å². The normalized spacial score (nSPS) is 15.9. The van der Waals surface area contributed by atoms with Gasteiger partial charge < -0.3 is 10.1 Å². The van der Waals surface area contributed by atoms with Crippen LogP contribution in [0.2, 0.25) is 0 Å². The third kappa shape index (κ3) is 5.86. The second-order valence-electron chi connectivity index (χ2n) is 6.36. The van der Waals surface area contributed by atoms with E-state index in [9.17, 15) is 22.8 Å². The molecule has 1 aliphatic heterocycles.